The van der Waals surface area contributed by atoms with Gasteiger partial charge in [0.1, 0.15) is 0 Å². The highest BCUT2D eigenvalue weighted by Gasteiger charge is 2.33. The molecule has 3 rings (SSSR count). The average molecular weight is 336 g/mol. The van der Waals surface area contributed by atoms with Crippen LogP contribution in [0.2, 0.25) is 0 Å². The molecule has 0 bridgehead atoms. The van der Waals surface area contributed by atoms with E-state index < -0.39 is 9.84 Å². The summed E-state index contributed by atoms with van der Waals surface area (Å²) in [4.78, 5) is 16.3. The Morgan fingerprint density at radius 2 is 2.17 bits per heavy atom. The van der Waals surface area contributed by atoms with E-state index in [1.165, 1.54) is 11.1 Å². The van der Waals surface area contributed by atoms with Gasteiger partial charge in [-0.1, -0.05) is 17.7 Å². The Hall–Kier alpha value is -1.56. The number of fused-ring (bicyclic) bond motifs is 1. The first-order valence-electron chi connectivity index (χ1n) is 8.16. The van der Waals surface area contributed by atoms with Crippen molar-refractivity contribution in [3.63, 3.8) is 0 Å². The quantitative estimate of drug-likeness (QED) is 0.837. The van der Waals surface area contributed by atoms with Crippen LogP contribution in [0.15, 0.2) is 18.2 Å². The zero-order valence-corrected chi connectivity index (χ0v) is 14.6. The van der Waals surface area contributed by atoms with Crippen LogP contribution in [-0.4, -0.2) is 56.9 Å². The zero-order chi connectivity index (χ0) is 16.6. The maximum Gasteiger partial charge on any atom is 0.242 e. The van der Waals surface area contributed by atoms with E-state index in [9.17, 15) is 13.2 Å². The first kappa shape index (κ1) is 16.3. The van der Waals surface area contributed by atoms with Crippen LogP contribution in [0.3, 0.4) is 0 Å². The molecule has 2 heterocycles. The number of hydrogen-bond acceptors (Lipinski definition) is 4. The normalized spacial score (nSPS) is 22.7. The van der Waals surface area contributed by atoms with E-state index in [1.54, 1.807) is 11.9 Å². The van der Waals surface area contributed by atoms with Gasteiger partial charge < -0.3 is 9.80 Å². The standard InChI is InChI=1S/C17H24N2O3S/c1-13-5-6-16-14(10-13)4-3-8-19(16)11-17(20)18(2)15-7-9-23(21,22)12-15/h5-6,10,15H,3-4,7-9,11-12H2,1-2H3/t15-/m1/s1. The van der Waals surface area contributed by atoms with Crippen LogP contribution >= 0.6 is 0 Å². The number of anilines is 1. The molecule has 0 unspecified atom stereocenters. The predicted molar refractivity (Wildman–Crippen MR) is 91.5 cm³/mol. The van der Waals surface area contributed by atoms with Gasteiger partial charge in [-0.05, 0) is 37.8 Å². The molecule has 1 atom stereocenters. The highest BCUT2D eigenvalue weighted by molar-refractivity contribution is 7.91. The van der Waals surface area contributed by atoms with E-state index in [0.717, 1.165) is 25.1 Å². The molecule has 126 valence electrons. The molecule has 0 radical (unpaired) electrons. The molecule has 0 aliphatic carbocycles. The van der Waals surface area contributed by atoms with Crippen molar-refractivity contribution < 1.29 is 13.2 Å². The van der Waals surface area contributed by atoms with E-state index >= 15 is 0 Å². The highest BCUT2D eigenvalue weighted by atomic mass is 32.2. The van der Waals surface area contributed by atoms with Gasteiger partial charge in [-0.25, -0.2) is 8.42 Å². The second-order valence-corrected chi connectivity index (χ2v) is 8.95. The minimum atomic E-state index is -2.97. The van der Waals surface area contributed by atoms with Crippen molar-refractivity contribution >= 4 is 21.4 Å². The number of benzene rings is 1. The number of aryl methyl sites for hydroxylation is 2. The predicted octanol–water partition coefficient (Wildman–Crippen LogP) is 1.39. The second kappa shape index (κ2) is 6.15. The molecule has 1 fully saturated rings. The van der Waals surface area contributed by atoms with Gasteiger partial charge in [0.25, 0.3) is 0 Å². The summed E-state index contributed by atoms with van der Waals surface area (Å²) >= 11 is 0. The van der Waals surface area contributed by atoms with Crippen molar-refractivity contribution in [1.29, 1.82) is 0 Å². The summed E-state index contributed by atoms with van der Waals surface area (Å²) in [5, 5.41) is 0. The number of carbonyl (C=O) groups excluding carboxylic acids is 1. The monoisotopic (exact) mass is 336 g/mol. The second-order valence-electron chi connectivity index (χ2n) is 6.72. The van der Waals surface area contributed by atoms with Gasteiger partial charge in [0.15, 0.2) is 9.84 Å². The number of amides is 1. The SMILES string of the molecule is Cc1ccc2c(c1)CCCN2CC(=O)N(C)[C@@H]1CCS(=O)(=O)C1. The number of hydrogen-bond donors (Lipinski definition) is 0. The summed E-state index contributed by atoms with van der Waals surface area (Å²) < 4.78 is 23.2. The lowest BCUT2D eigenvalue weighted by Gasteiger charge is -2.33. The van der Waals surface area contributed by atoms with Crippen LogP contribution < -0.4 is 4.90 Å². The Labute approximate surface area is 138 Å². The molecular weight excluding hydrogens is 312 g/mol. The molecule has 0 spiro atoms. The third-order valence-electron chi connectivity index (χ3n) is 4.93. The number of rotatable bonds is 3. The number of nitrogens with zero attached hydrogens (tertiary/aromatic N) is 2. The third-order valence-corrected chi connectivity index (χ3v) is 6.68. The van der Waals surface area contributed by atoms with Gasteiger partial charge in [0, 0.05) is 25.3 Å². The van der Waals surface area contributed by atoms with Gasteiger partial charge in [-0.2, -0.15) is 0 Å². The van der Waals surface area contributed by atoms with E-state index in [1.807, 2.05) is 0 Å². The molecule has 2 aliphatic rings. The average Bonchev–Trinajstić information content (AvgIpc) is 2.86. The van der Waals surface area contributed by atoms with E-state index in [2.05, 4.69) is 30.0 Å². The smallest absolute Gasteiger partial charge is 0.242 e. The third kappa shape index (κ3) is 3.52. The molecule has 23 heavy (non-hydrogen) atoms. The highest BCUT2D eigenvalue weighted by Crippen LogP contribution is 2.28. The van der Waals surface area contributed by atoms with E-state index in [-0.39, 0.29) is 23.5 Å². The molecule has 0 aromatic heterocycles. The first-order valence-corrected chi connectivity index (χ1v) is 9.98. The summed E-state index contributed by atoms with van der Waals surface area (Å²) in [5.41, 5.74) is 3.68. The summed E-state index contributed by atoms with van der Waals surface area (Å²) in [6.07, 6.45) is 2.66. The van der Waals surface area contributed by atoms with Crippen molar-refractivity contribution in [2.45, 2.75) is 32.2 Å². The topological polar surface area (TPSA) is 57.7 Å². The molecule has 0 N–H and O–H groups in total. The van der Waals surface area contributed by atoms with Crippen LogP contribution in [0.4, 0.5) is 5.69 Å². The van der Waals surface area contributed by atoms with Crippen molar-refractivity contribution in [3.05, 3.63) is 29.3 Å². The van der Waals surface area contributed by atoms with Crippen molar-refractivity contribution in [2.75, 3.05) is 36.5 Å². The molecule has 1 aromatic rings. The number of carbonyl (C=O) groups is 1. The molecule has 6 heteroatoms. The van der Waals surface area contributed by atoms with Gasteiger partial charge in [-0.15, -0.1) is 0 Å². The summed E-state index contributed by atoms with van der Waals surface area (Å²) in [6.45, 7) is 3.28. The number of sulfone groups is 1. The molecule has 2 aliphatic heterocycles. The maximum absolute atomic E-state index is 12.6. The summed E-state index contributed by atoms with van der Waals surface area (Å²) in [7, 11) is -1.24. The Morgan fingerprint density at radius 3 is 2.87 bits per heavy atom. The summed E-state index contributed by atoms with van der Waals surface area (Å²) in [5.74, 6) is 0.298. The van der Waals surface area contributed by atoms with Crippen LogP contribution in [0, 0.1) is 6.92 Å². The summed E-state index contributed by atoms with van der Waals surface area (Å²) in [6, 6.07) is 6.19. The Bertz CT molecular complexity index is 715. The fraction of sp³-hybridized carbons (Fsp3) is 0.588. The van der Waals surface area contributed by atoms with Crippen molar-refractivity contribution in [1.82, 2.24) is 4.90 Å². The fourth-order valence-electron chi connectivity index (χ4n) is 3.53. The largest absolute Gasteiger partial charge is 0.362 e. The van der Waals surface area contributed by atoms with Gasteiger partial charge in [-0.3, -0.25) is 4.79 Å². The van der Waals surface area contributed by atoms with Gasteiger partial charge in [0.2, 0.25) is 5.91 Å². The van der Waals surface area contributed by atoms with Crippen LogP contribution in [0.25, 0.3) is 0 Å². The molecular formula is C17H24N2O3S. The molecule has 1 amide bonds. The molecule has 1 saturated heterocycles. The Morgan fingerprint density at radius 1 is 1.39 bits per heavy atom. The Balaban J connectivity index is 1.69. The minimum absolute atomic E-state index is 0.000486. The zero-order valence-electron chi connectivity index (χ0n) is 13.8. The Kier molecular flexibility index (Phi) is 4.36. The van der Waals surface area contributed by atoms with Crippen molar-refractivity contribution in [3.8, 4) is 0 Å². The molecule has 0 saturated carbocycles. The minimum Gasteiger partial charge on any atom is -0.362 e. The van der Waals surface area contributed by atoms with E-state index in [4.69, 9.17) is 0 Å². The fourth-order valence-corrected chi connectivity index (χ4v) is 5.30. The van der Waals surface area contributed by atoms with Crippen LogP contribution in [0.5, 0.6) is 0 Å². The van der Waals surface area contributed by atoms with Crippen LogP contribution in [-0.2, 0) is 21.1 Å². The van der Waals surface area contributed by atoms with Gasteiger partial charge in [0.05, 0.1) is 18.1 Å². The van der Waals surface area contributed by atoms with Crippen LogP contribution in [0.1, 0.15) is 24.0 Å². The molecule has 1 aromatic carbocycles. The van der Waals surface area contributed by atoms with Crippen molar-refractivity contribution in [2.24, 2.45) is 0 Å². The first-order chi connectivity index (χ1) is 10.9. The lowest BCUT2D eigenvalue weighted by Crippen LogP contribution is -2.45. The maximum atomic E-state index is 12.6. The lowest BCUT2D eigenvalue weighted by molar-refractivity contribution is -0.130. The van der Waals surface area contributed by atoms with Gasteiger partial charge >= 0.3 is 0 Å². The van der Waals surface area contributed by atoms with E-state index in [0.29, 0.717) is 13.0 Å². The molecule has 5 nitrogen and oxygen atoms in total. The lowest BCUT2D eigenvalue weighted by atomic mass is 9.99. The number of likely N-dealkylation sites (N-methyl/N-ethyl adjacent to an activating group) is 1.